The van der Waals surface area contributed by atoms with E-state index < -0.39 is 0 Å². The monoisotopic (exact) mass is 353 g/mol. The lowest BCUT2D eigenvalue weighted by Crippen LogP contribution is -2.10. The van der Waals surface area contributed by atoms with Gasteiger partial charge in [-0.15, -0.1) is 0 Å². The Morgan fingerprint density at radius 1 is 1.15 bits per heavy atom. The summed E-state index contributed by atoms with van der Waals surface area (Å²) in [5.41, 5.74) is 2.70. The summed E-state index contributed by atoms with van der Waals surface area (Å²) in [6.07, 6.45) is 3.13. The number of aryl methyl sites for hydroxylation is 1. The van der Waals surface area contributed by atoms with Gasteiger partial charge in [0.2, 0.25) is 12.7 Å². The second-order valence-electron chi connectivity index (χ2n) is 5.69. The van der Waals surface area contributed by atoms with Crippen LogP contribution in [0.1, 0.15) is 28.4 Å². The van der Waals surface area contributed by atoms with Crippen molar-refractivity contribution in [3.05, 3.63) is 59.2 Å². The zero-order valence-electron chi connectivity index (χ0n) is 14.6. The van der Waals surface area contributed by atoms with Gasteiger partial charge in [-0.1, -0.05) is 6.07 Å². The first-order valence-electron chi connectivity index (χ1n) is 8.23. The Labute approximate surface area is 151 Å². The predicted molar refractivity (Wildman–Crippen MR) is 97.4 cm³/mol. The second kappa shape index (κ2) is 7.74. The topological polar surface area (TPSA) is 73.9 Å². The van der Waals surface area contributed by atoms with Crippen LogP contribution in [0.5, 0.6) is 11.5 Å². The van der Waals surface area contributed by atoms with E-state index in [1.54, 1.807) is 37.3 Å². The van der Waals surface area contributed by atoms with Crippen LogP contribution in [0.25, 0.3) is 6.08 Å². The Bertz CT molecular complexity index is 873. The van der Waals surface area contributed by atoms with Gasteiger partial charge in [0.05, 0.1) is 12.2 Å². The Kier molecular flexibility index (Phi) is 5.22. The van der Waals surface area contributed by atoms with Gasteiger partial charge in [-0.3, -0.25) is 4.79 Å². The molecule has 0 aliphatic carbocycles. The normalized spacial score (nSPS) is 12.2. The summed E-state index contributed by atoms with van der Waals surface area (Å²) >= 11 is 0. The molecule has 0 bridgehead atoms. The fraction of sp³-hybridized carbons (Fsp3) is 0.200. The maximum atomic E-state index is 12.1. The minimum absolute atomic E-state index is 0.212. The van der Waals surface area contributed by atoms with E-state index in [-0.39, 0.29) is 18.7 Å². The van der Waals surface area contributed by atoms with E-state index in [2.05, 4.69) is 5.32 Å². The van der Waals surface area contributed by atoms with Gasteiger partial charge in [-0.25, -0.2) is 4.79 Å². The number of nitrogens with one attached hydrogen (secondary N) is 1. The summed E-state index contributed by atoms with van der Waals surface area (Å²) in [7, 11) is 0. The zero-order valence-corrected chi connectivity index (χ0v) is 14.6. The number of esters is 1. The Morgan fingerprint density at radius 2 is 1.96 bits per heavy atom. The zero-order chi connectivity index (χ0) is 18.5. The average molecular weight is 353 g/mol. The highest BCUT2D eigenvalue weighted by Crippen LogP contribution is 2.32. The van der Waals surface area contributed by atoms with Crippen LogP contribution < -0.4 is 14.8 Å². The third kappa shape index (κ3) is 4.03. The van der Waals surface area contributed by atoms with Crippen molar-refractivity contribution in [3.8, 4) is 11.5 Å². The molecule has 0 unspecified atom stereocenters. The van der Waals surface area contributed by atoms with Gasteiger partial charge in [0, 0.05) is 11.8 Å². The summed E-state index contributed by atoms with van der Waals surface area (Å²) in [6, 6.07) is 10.5. The summed E-state index contributed by atoms with van der Waals surface area (Å²) < 4.78 is 15.5. The van der Waals surface area contributed by atoms with Crippen molar-refractivity contribution < 1.29 is 23.8 Å². The van der Waals surface area contributed by atoms with E-state index >= 15 is 0 Å². The predicted octanol–water partition coefficient (Wildman–Crippen LogP) is 3.55. The molecule has 6 heteroatoms. The standard InChI is InChI=1S/C20H19NO5/c1-3-24-20(23)15-6-7-16(13(2)10-15)21-19(22)9-5-14-4-8-17-18(11-14)26-12-25-17/h4-11H,3,12H2,1-2H3,(H,21,22)/b9-5+. The average Bonchev–Trinajstić information content (AvgIpc) is 3.09. The summed E-state index contributed by atoms with van der Waals surface area (Å²) in [6.45, 7) is 4.11. The molecule has 0 spiro atoms. The third-order valence-corrected chi connectivity index (χ3v) is 3.82. The van der Waals surface area contributed by atoms with E-state index in [4.69, 9.17) is 14.2 Å². The highest BCUT2D eigenvalue weighted by Gasteiger charge is 2.12. The fourth-order valence-electron chi connectivity index (χ4n) is 2.51. The Morgan fingerprint density at radius 3 is 2.73 bits per heavy atom. The van der Waals surface area contributed by atoms with Crippen molar-refractivity contribution in [3.63, 3.8) is 0 Å². The minimum atomic E-state index is -0.379. The van der Waals surface area contributed by atoms with Gasteiger partial charge in [0.25, 0.3) is 0 Å². The molecule has 3 rings (SSSR count). The summed E-state index contributed by atoms with van der Waals surface area (Å²) in [5.74, 6) is 0.715. The number of carbonyl (C=O) groups is 2. The number of ether oxygens (including phenoxy) is 3. The first-order chi connectivity index (χ1) is 12.6. The van der Waals surface area contributed by atoms with Crippen LogP contribution in [-0.2, 0) is 9.53 Å². The molecule has 1 aliphatic rings. The van der Waals surface area contributed by atoms with Gasteiger partial charge < -0.3 is 19.5 Å². The Hall–Kier alpha value is -3.28. The van der Waals surface area contributed by atoms with Crippen molar-refractivity contribution in [2.75, 3.05) is 18.7 Å². The minimum Gasteiger partial charge on any atom is -0.462 e. The lowest BCUT2D eigenvalue weighted by molar-refractivity contribution is -0.111. The summed E-state index contributed by atoms with van der Waals surface area (Å²) in [5, 5.41) is 2.80. The van der Waals surface area contributed by atoms with Crippen molar-refractivity contribution in [2.24, 2.45) is 0 Å². The highest BCUT2D eigenvalue weighted by atomic mass is 16.7. The van der Waals surface area contributed by atoms with Gasteiger partial charge in [0.15, 0.2) is 11.5 Å². The molecule has 0 fully saturated rings. The van der Waals surface area contributed by atoms with Crippen LogP contribution in [-0.4, -0.2) is 25.3 Å². The molecule has 2 aromatic carbocycles. The second-order valence-corrected chi connectivity index (χ2v) is 5.69. The number of carbonyl (C=O) groups excluding carboxylic acids is 2. The van der Waals surface area contributed by atoms with Gasteiger partial charge in [0.1, 0.15) is 0 Å². The molecule has 26 heavy (non-hydrogen) atoms. The lowest BCUT2D eigenvalue weighted by Gasteiger charge is -2.08. The summed E-state index contributed by atoms with van der Waals surface area (Å²) in [4.78, 5) is 23.9. The fourth-order valence-corrected chi connectivity index (χ4v) is 2.51. The van der Waals surface area contributed by atoms with Crippen LogP contribution in [0.15, 0.2) is 42.5 Å². The molecule has 0 atom stereocenters. The van der Waals surface area contributed by atoms with E-state index in [0.717, 1.165) is 11.1 Å². The number of hydrogen-bond acceptors (Lipinski definition) is 5. The quantitative estimate of drug-likeness (QED) is 0.657. The lowest BCUT2D eigenvalue weighted by atomic mass is 10.1. The molecule has 0 aromatic heterocycles. The third-order valence-electron chi connectivity index (χ3n) is 3.82. The van der Waals surface area contributed by atoms with Crippen molar-refractivity contribution in [2.45, 2.75) is 13.8 Å². The molecule has 134 valence electrons. The molecule has 1 aliphatic heterocycles. The first kappa shape index (κ1) is 17.5. The maximum absolute atomic E-state index is 12.1. The van der Waals surface area contributed by atoms with Crippen LogP contribution in [0.2, 0.25) is 0 Å². The molecule has 0 saturated heterocycles. The van der Waals surface area contributed by atoms with Crippen LogP contribution in [0.3, 0.4) is 0 Å². The molecule has 1 amide bonds. The maximum Gasteiger partial charge on any atom is 0.338 e. The smallest absolute Gasteiger partial charge is 0.338 e. The van der Waals surface area contributed by atoms with Crippen molar-refractivity contribution >= 4 is 23.6 Å². The van der Waals surface area contributed by atoms with E-state index in [0.29, 0.717) is 29.4 Å². The highest BCUT2D eigenvalue weighted by molar-refractivity contribution is 6.02. The van der Waals surface area contributed by atoms with Crippen LogP contribution >= 0.6 is 0 Å². The molecule has 0 radical (unpaired) electrons. The number of fused-ring (bicyclic) bond motifs is 1. The van der Waals surface area contributed by atoms with Crippen molar-refractivity contribution in [1.82, 2.24) is 0 Å². The van der Waals surface area contributed by atoms with Gasteiger partial charge >= 0.3 is 5.97 Å². The SMILES string of the molecule is CCOC(=O)c1ccc(NC(=O)/C=C/c2ccc3c(c2)OCO3)c(C)c1. The van der Waals surface area contributed by atoms with Crippen LogP contribution in [0.4, 0.5) is 5.69 Å². The largest absolute Gasteiger partial charge is 0.462 e. The number of rotatable bonds is 5. The van der Waals surface area contributed by atoms with E-state index in [9.17, 15) is 9.59 Å². The molecule has 6 nitrogen and oxygen atoms in total. The van der Waals surface area contributed by atoms with Crippen molar-refractivity contribution in [1.29, 1.82) is 0 Å². The molecule has 0 saturated carbocycles. The van der Waals surface area contributed by atoms with E-state index in [1.807, 2.05) is 19.1 Å². The number of hydrogen-bond donors (Lipinski definition) is 1. The number of benzene rings is 2. The number of anilines is 1. The van der Waals surface area contributed by atoms with Gasteiger partial charge in [-0.05, 0) is 61.4 Å². The van der Waals surface area contributed by atoms with Crippen LogP contribution in [0, 0.1) is 6.92 Å². The molecular formula is C20H19NO5. The van der Waals surface area contributed by atoms with Gasteiger partial charge in [-0.2, -0.15) is 0 Å². The molecular weight excluding hydrogens is 334 g/mol. The molecule has 1 N–H and O–H groups in total. The first-order valence-corrected chi connectivity index (χ1v) is 8.23. The Balaban J connectivity index is 1.65. The van der Waals surface area contributed by atoms with E-state index in [1.165, 1.54) is 6.08 Å². The molecule has 2 aromatic rings. The number of amides is 1. The molecule has 1 heterocycles.